The molecular formula is C29H27N3O6S. The third kappa shape index (κ3) is 5.81. The number of rotatable bonds is 8. The Bertz CT molecular complexity index is 1570. The van der Waals surface area contributed by atoms with E-state index in [0.717, 1.165) is 15.3 Å². The lowest BCUT2D eigenvalue weighted by Crippen LogP contribution is -2.47. The van der Waals surface area contributed by atoms with Gasteiger partial charge in [-0.15, -0.1) is 0 Å². The van der Waals surface area contributed by atoms with Crippen LogP contribution >= 0.6 is 0 Å². The van der Waals surface area contributed by atoms with Gasteiger partial charge in [-0.05, 0) is 49.1 Å². The number of nitrogens with one attached hydrogen (secondary N) is 1. The second-order valence-electron chi connectivity index (χ2n) is 9.43. The van der Waals surface area contributed by atoms with Crippen molar-refractivity contribution >= 4 is 38.5 Å². The second-order valence-corrected chi connectivity index (χ2v) is 11.3. The molecule has 200 valence electrons. The Morgan fingerprint density at radius 3 is 2.51 bits per heavy atom. The minimum absolute atomic E-state index is 0.0573. The summed E-state index contributed by atoms with van der Waals surface area (Å²) < 4.78 is 32.9. The van der Waals surface area contributed by atoms with Gasteiger partial charge in [0, 0.05) is 18.1 Å². The van der Waals surface area contributed by atoms with Crippen LogP contribution in [-0.2, 0) is 26.0 Å². The summed E-state index contributed by atoms with van der Waals surface area (Å²) in [6, 6.07) is 21.5. The number of para-hydroxylation sites is 1. The molecule has 1 unspecified atom stereocenters. The molecule has 10 heteroatoms. The lowest BCUT2D eigenvalue weighted by atomic mass is 9.87. The van der Waals surface area contributed by atoms with E-state index in [1.807, 2.05) is 42.5 Å². The van der Waals surface area contributed by atoms with Crippen molar-refractivity contribution in [2.45, 2.75) is 30.3 Å². The molecule has 1 fully saturated rings. The minimum Gasteiger partial charge on any atom is -0.451 e. The van der Waals surface area contributed by atoms with Crippen LogP contribution in [0.25, 0.3) is 11.0 Å². The van der Waals surface area contributed by atoms with E-state index in [-0.39, 0.29) is 30.2 Å². The molecular weight excluding hydrogens is 518 g/mol. The average Bonchev–Trinajstić information content (AvgIpc) is 3.29. The van der Waals surface area contributed by atoms with Crippen molar-refractivity contribution in [1.82, 2.24) is 14.6 Å². The summed E-state index contributed by atoms with van der Waals surface area (Å²) in [7, 11) is -4.00. The highest BCUT2D eigenvalue weighted by Crippen LogP contribution is 2.24. The minimum atomic E-state index is -4.00. The van der Waals surface area contributed by atoms with E-state index < -0.39 is 46.0 Å². The summed E-state index contributed by atoms with van der Waals surface area (Å²) in [6.45, 7) is -0.353. The molecule has 0 radical (unpaired) electrons. The number of carbonyl (C=O) groups excluding carboxylic acids is 3. The summed E-state index contributed by atoms with van der Waals surface area (Å²) in [4.78, 5) is 44.2. The number of hydrogen-bond donors (Lipinski definition) is 1. The van der Waals surface area contributed by atoms with E-state index in [1.54, 1.807) is 30.3 Å². The predicted molar refractivity (Wildman–Crippen MR) is 143 cm³/mol. The van der Waals surface area contributed by atoms with Gasteiger partial charge in [0.1, 0.15) is 5.58 Å². The van der Waals surface area contributed by atoms with Crippen LogP contribution in [0.15, 0.2) is 94.5 Å². The maximum absolute atomic E-state index is 13.8. The Labute approximate surface area is 225 Å². The van der Waals surface area contributed by atoms with Gasteiger partial charge in [0.15, 0.2) is 22.4 Å². The van der Waals surface area contributed by atoms with Gasteiger partial charge in [-0.1, -0.05) is 54.6 Å². The third-order valence-electron chi connectivity index (χ3n) is 6.79. The van der Waals surface area contributed by atoms with E-state index in [0.29, 0.717) is 12.0 Å². The molecule has 0 spiro atoms. The fourth-order valence-electron chi connectivity index (χ4n) is 4.77. The van der Waals surface area contributed by atoms with Crippen LogP contribution in [0, 0.1) is 5.92 Å². The van der Waals surface area contributed by atoms with E-state index in [4.69, 9.17) is 4.42 Å². The number of pyridine rings is 1. The number of carbonyl (C=O) groups is 3. The fraction of sp³-hybridized carbons (Fsp3) is 0.241. The molecule has 1 aliphatic heterocycles. The number of sulfonamides is 1. The van der Waals surface area contributed by atoms with E-state index in [9.17, 15) is 22.8 Å². The summed E-state index contributed by atoms with van der Waals surface area (Å²) in [5.41, 5.74) is 1.35. The standard InChI is InChI=1S/C29H27N3O6S/c33-24-19-32(39(36,37)27-14-6-7-15-30-27)16-8-12-22(24)28(34)23(17-20-9-2-1-3-10-20)31-29(35)26-18-21-11-4-5-13-25(21)38-26/h1-7,9-11,13-15,18,22-23H,8,12,16-17,19H2,(H,31,35)/t22?,23-/m0/s1. The highest BCUT2D eigenvalue weighted by Gasteiger charge is 2.38. The Hall–Kier alpha value is -4.15. The van der Waals surface area contributed by atoms with Crippen LogP contribution in [0.3, 0.4) is 0 Å². The van der Waals surface area contributed by atoms with Crippen molar-refractivity contribution < 1.29 is 27.2 Å². The van der Waals surface area contributed by atoms with Crippen molar-refractivity contribution in [3.8, 4) is 0 Å². The van der Waals surface area contributed by atoms with Gasteiger partial charge in [-0.25, -0.2) is 13.4 Å². The topological polar surface area (TPSA) is 127 Å². The lowest BCUT2D eigenvalue weighted by Gasteiger charge is -2.22. The van der Waals surface area contributed by atoms with Crippen molar-refractivity contribution in [2.24, 2.45) is 5.92 Å². The van der Waals surface area contributed by atoms with Gasteiger partial charge in [-0.2, -0.15) is 4.31 Å². The zero-order valence-electron chi connectivity index (χ0n) is 21.0. The number of aromatic nitrogens is 1. The van der Waals surface area contributed by atoms with Crippen LogP contribution in [0.1, 0.15) is 29.0 Å². The van der Waals surface area contributed by atoms with Gasteiger partial charge >= 0.3 is 0 Å². The van der Waals surface area contributed by atoms with Gasteiger partial charge in [0.25, 0.3) is 15.9 Å². The van der Waals surface area contributed by atoms with Crippen LogP contribution in [0.4, 0.5) is 0 Å². The number of Topliss-reactive ketones (excluding diaryl/α,β-unsaturated/α-hetero) is 2. The maximum Gasteiger partial charge on any atom is 0.287 e. The highest BCUT2D eigenvalue weighted by atomic mass is 32.2. The molecule has 0 saturated carbocycles. The molecule has 2 aromatic heterocycles. The van der Waals surface area contributed by atoms with Crippen molar-refractivity contribution in [2.75, 3.05) is 13.1 Å². The number of nitrogens with zero attached hydrogens (tertiary/aromatic N) is 2. The molecule has 5 rings (SSSR count). The SMILES string of the molecule is O=C(N[C@@H](Cc1ccccc1)C(=O)C1CCCN(S(=O)(=O)c2ccccn2)CC1=O)c1cc2ccccc2o1. The van der Waals surface area contributed by atoms with Crippen LogP contribution in [0.5, 0.6) is 0 Å². The first-order valence-electron chi connectivity index (χ1n) is 12.6. The molecule has 3 heterocycles. The van der Waals surface area contributed by atoms with E-state index in [1.165, 1.54) is 12.3 Å². The maximum atomic E-state index is 13.8. The first kappa shape index (κ1) is 26.5. The first-order valence-corrected chi connectivity index (χ1v) is 14.1. The summed E-state index contributed by atoms with van der Waals surface area (Å²) in [5, 5.41) is 3.37. The number of ketones is 2. The molecule has 1 amide bonds. The Morgan fingerprint density at radius 2 is 1.77 bits per heavy atom. The Morgan fingerprint density at radius 1 is 1.03 bits per heavy atom. The molecule has 1 aliphatic rings. The fourth-order valence-corrected chi connectivity index (χ4v) is 6.15. The van der Waals surface area contributed by atoms with Crippen LogP contribution < -0.4 is 5.32 Å². The molecule has 39 heavy (non-hydrogen) atoms. The third-order valence-corrected chi connectivity index (χ3v) is 8.55. The van der Waals surface area contributed by atoms with Crippen molar-refractivity contribution in [3.63, 3.8) is 0 Å². The van der Waals surface area contributed by atoms with E-state index >= 15 is 0 Å². The number of fused-ring (bicyclic) bond motifs is 1. The molecule has 2 atom stereocenters. The number of amides is 1. The van der Waals surface area contributed by atoms with Gasteiger partial charge in [0.2, 0.25) is 0 Å². The molecule has 0 aliphatic carbocycles. The zero-order chi connectivity index (χ0) is 27.4. The molecule has 2 aromatic carbocycles. The van der Waals surface area contributed by atoms with Gasteiger partial charge < -0.3 is 9.73 Å². The summed E-state index contributed by atoms with van der Waals surface area (Å²) in [5.74, 6) is -2.53. The summed E-state index contributed by atoms with van der Waals surface area (Å²) >= 11 is 0. The smallest absolute Gasteiger partial charge is 0.287 e. The second kappa shape index (κ2) is 11.3. The Balaban J connectivity index is 1.37. The molecule has 4 aromatic rings. The summed E-state index contributed by atoms with van der Waals surface area (Å²) in [6.07, 6.45) is 2.03. The molecule has 0 bridgehead atoms. The monoisotopic (exact) mass is 545 g/mol. The van der Waals surface area contributed by atoms with Gasteiger partial charge in [-0.3, -0.25) is 14.4 Å². The normalized spacial score (nSPS) is 17.4. The molecule has 1 N–H and O–H groups in total. The van der Waals surface area contributed by atoms with Crippen molar-refractivity contribution in [1.29, 1.82) is 0 Å². The van der Waals surface area contributed by atoms with E-state index in [2.05, 4.69) is 10.3 Å². The van der Waals surface area contributed by atoms with Crippen LogP contribution in [-0.4, -0.2) is 54.3 Å². The highest BCUT2D eigenvalue weighted by molar-refractivity contribution is 7.89. The first-order chi connectivity index (χ1) is 18.8. The number of hydrogen-bond acceptors (Lipinski definition) is 7. The zero-order valence-corrected chi connectivity index (χ0v) is 21.8. The van der Waals surface area contributed by atoms with Gasteiger partial charge in [0.05, 0.1) is 18.5 Å². The predicted octanol–water partition coefficient (Wildman–Crippen LogP) is 3.41. The van der Waals surface area contributed by atoms with Crippen LogP contribution in [0.2, 0.25) is 0 Å². The number of furan rings is 1. The van der Waals surface area contributed by atoms with Crippen molar-refractivity contribution in [3.05, 3.63) is 96.4 Å². The molecule has 1 saturated heterocycles. The lowest BCUT2D eigenvalue weighted by molar-refractivity contribution is -0.133. The average molecular weight is 546 g/mol. The largest absolute Gasteiger partial charge is 0.451 e. The molecule has 9 nitrogen and oxygen atoms in total. The number of benzene rings is 2. The quantitative estimate of drug-likeness (QED) is 0.336. The Kier molecular flexibility index (Phi) is 7.67.